The van der Waals surface area contributed by atoms with Crippen molar-refractivity contribution in [1.29, 1.82) is 0 Å². The summed E-state index contributed by atoms with van der Waals surface area (Å²) in [5.41, 5.74) is 13.7. The van der Waals surface area contributed by atoms with Crippen LogP contribution >= 0.6 is 0 Å². The van der Waals surface area contributed by atoms with Crippen molar-refractivity contribution in [3.8, 4) is 11.8 Å². The van der Waals surface area contributed by atoms with E-state index in [9.17, 15) is 4.79 Å². The van der Waals surface area contributed by atoms with Gasteiger partial charge < -0.3 is 26.6 Å². The van der Waals surface area contributed by atoms with Gasteiger partial charge in [0.15, 0.2) is 0 Å². The molecule has 1 fully saturated rings. The molecule has 2 amide bonds. The first-order valence-electron chi connectivity index (χ1n) is 9.24. The van der Waals surface area contributed by atoms with Crippen LogP contribution in [0.25, 0.3) is 0 Å². The highest BCUT2D eigenvalue weighted by Gasteiger charge is 2.24. The largest absolute Gasteiger partial charge is 0.384 e. The lowest BCUT2D eigenvalue weighted by molar-refractivity contribution is 0.195. The number of amides is 2. The van der Waals surface area contributed by atoms with Crippen LogP contribution in [0.1, 0.15) is 16.8 Å². The van der Waals surface area contributed by atoms with E-state index in [1.165, 1.54) is 0 Å². The summed E-state index contributed by atoms with van der Waals surface area (Å²) in [5.74, 6) is 7.54. The Kier molecular flexibility index (Phi) is 6.14. The number of hydrogen-bond donors (Lipinski definition) is 3. The molecule has 1 saturated heterocycles. The lowest BCUT2D eigenvalue weighted by Gasteiger charge is -2.35. The molecule has 3 rings (SSSR count). The standard InChI is InChI=1S/C20H24N8O/c1-3-8-23-20(29)28-11-9-27(10-12-28)18-16(14(2)25-19(22)26-18)6-4-15-5-7-17(21)24-13-15/h3,5,7,13H,1,8-12H2,2H3,(H2,21,24)(H,23,29)(H2,22,25,26). The molecule has 2 aromatic heterocycles. The molecule has 0 radical (unpaired) electrons. The van der Waals surface area contributed by atoms with E-state index >= 15 is 0 Å². The summed E-state index contributed by atoms with van der Waals surface area (Å²) < 4.78 is 0. The van der Waals surface area contributed by atoms with E-state index in [1.54, 1.807) is 23.2 Å². The number of hydrogen-bond acceptors (Lipinski definition) is 7. The Bertz CT molecular complexity index is 953. The number of pyridine rings is 1. The van der Waals surface area contributed by atoms with E-state index in [0.29, 0.717) is 55.6 Å². The van der Waals surface area contributed by atoms with Crippen LogP contribution in [-0.4, -0.2) is 58.6 Å². The average molecular weight is 392 g/mol. The molecule has 0 spiro atoms. The number of carbonyl (C=O) groups excluding carboxylic acids is 1. The number of nitrogens with one attached hydrogen (secondary N) is 1. The molecule has 0 atom stereocenters. The van der Waals surface area contributed by atoms with E-state index in [0.717, 1.165) is 5.56 Å². The normalized spacial score (nSPS) is 13.4. The monoisotopic (exact) mass is 392 g/mol. The van der Waals surface area contributed by atoms with Crippen LogP contribution in [-0.2, 0) is 0 Å². The van der Waals surface area contributed by atoms with Gasteiger partial charge in [-0.25, -0.2) is 14.8 Å². The van der Waals surface area contributed by atoms with Gasteiger partial charge in [-0.1, -0.05) is 17.9 Å². The summed E-state index contributed by atoms with van der Waals surface area (Å²) in [5, 5.41) is 2.80. The number of piperazine rings is 1. The lowest BCUT2D eigenvalue weighted by atomic mass is 10.1. The molecule has 150 valence electrons. The summed E-state index contributed by atoms with van der Waals surface area (Å²) in [6.07, 6.45) is 3.28. The number of nitrogens with two attached hydrogens (primary N) is 2. The molecule has 3 heterocycles. The second-order valence-electron chi connectivity index (χ2n) is 6.54. The topological polar surface area (TPSA) is 126 Å². The molecule has 9 nitrogen and oxygen atoms in total. The molecule has 9 heteroatoms. The Balaban J connectivity index is 1.80. The Morgan fingerprint density at radius 1 is 1.24 bits per heavy atom. The van der Waals surface area contributed by atoms with Gasteiger partial charge in [-0.15, -0.1) is 6.58 Å². The minimum Gasteiger partial charge on any atom is -0.384 e. The van der Waals surface area contributed by atoms with Crippen LogP contribution in [0.3, 0.4) is 0 Å². The maximum atomic E-state index is 12.1. The zero-order valence-corrected chi connectivity index (χ0v) is 16.4. The van der Waals surface area contributed by atoms with Crippen molar-refractivity contribution in [2.45, 2.75) is 6.92 Å². The summed E-state index contributed by atoms with van der Waals surface area (Å²) in [7, 11) is 0. The van der Waals surface area contributed by atoms with E-state index in [2.05, 4.69) is 43.6 Å². The molecule has 0 bridgehead atoms. The second-order valence-corrected chi connectivity index (χ2v) is 6.54. The summed E-state index contributed by atoms with van der Waals surface area (Å²) in [6, 6.07) is 3.41. The Morgan fingerprint density at radius 3 is 2.66 bits per heavy atom. The van der Waals surface area contributed by atoms with Crippen LogP contribution in [0, 0.1) is 18.8 Å². The number of carbonyl (C=O) groups is 1. The van der Waals surface area contributed by atoms with Crippen LogP contribution in [0.15, 0.2) is 31.0 Å². The maximum Gasteiger partial charge on any atom is 0.317 e. The van der Waals surface area contributed by atoms with Crippen LogP contribution < -0.4 is 21.7 Å². The molecule has 0 aliphatic carbocycles. The van der Waals surface area contributed by atoms with Crippen LogP contribution in [0.4, 0.5) is 22.4 Å². The first kappa shape index (κ1) is 19.9. The molecule has 5 N–H and O–H groups in total. The molecule has 1 aliphatic heterocycles. The van der Waals surface area contributed by atoms with E-state index < -0.39 is 0 Å². The van der Waals surface area contributed by atoms with E-state index in [4.69, 9.17) is 11.5 Å². The number of rotatable bonds is 3. The quantitative estimate of drug-likeness (QED) is 0.520. The van der Waals surface area contributed by atoms with Gasteiger partial charge in [-0.3, -0.25) is 0 Å². The number of urea groups is 1. The molecule has 2 aromatic rings. The molecule has 0 saturated carbocycles. The fourth-order valence-corrected chi connectivity index (χ4v) is 2.96. The highest BCUT2D eigenvalue weighted by atomic mass is 16.2. The minimum absolute atomic E-state index is 0.0983. The van der Waals surface area contributed by atoms with Crippen molar-refractivity contribution in [3.05, 3.63) is 47.8 Å². The van der Waals surface area contributed by atoms with Crippen molar-refractivity contribution >= 4 is 23.6 Å². The van der Waals surface area contributed by atoms with Crippen molar-refractivity contribution in [2.24, 2.45) is 0 Å². The molecule has 0 aromatic carbocycles. The van der Waals surface area contributed by atoms with Gasteiger partial charge in [0.2, 0.25) is 5.95 Å². The van der Waals surface area contributed by atoms with Crippen LogP contribution in [0.2, 0.25) is 0 Å². The maximum absolute atomic E-state index is 12.1. The zero-order valence-electron chi connectivity index (χ0n) is 16.4. The zero-order chi connectivity index (χ0) is 20.8. The van der Waals surface area contributed by atoms with E-state index in [1.807, 2.05) is 13.0 Å². The van der Waals surface area contributed by atoms with Gasteiger partial charge in [0.1, 0.15) is 11.6 Å². The fourth-order valence-electron chi connectivity index (χ4n) is 2.96. The smallest absolute Gasteiger partial charge is 0.317 e. The SMILES string of the molecule is C=CCNC(=O)N1CCN(c2nc(N)nc(C)c2C#Cc2ccc(N)nc2)CC1. The van der Waals surface area contributed by atoms with Crippen molar-refractivity contribution in [2.75, 3.05) is 49.1 Å². The Labute approximate surface area is 169 Å². The number of aryl methyl sites for hydroxylation is 1. The molecule has 0 unspecified atom stereocenters. The average Bonchev–Trinajstić information content (AvgIpc) is 2.72. The number of nitrogens with zero attached hydrogens (tertiary/aromatic N) is 5. The number of anilines is 3. The van der Waals surface area contributed by atoms with Gasteiger partial charge in [-0.2, -0.15) is 4.98 Å². The lowest BCUT2D eigenvalue weighted by Crippen LogP contribution is -2.52. The Hall–Kier alpha value is -3.80. The highest BCUT2D eigenvalue weighted by molar-refractivity contribution is 5.74. The minimum atomic E-state index is -0.0983. The summed E-state index contributed by atoms with van der Waals surface area (Å²) in [4.78, 5) is 28.7. The molecule has 1 aliphatic rings. The van der Waals surface area contributed by atoms with Crippen LogP contribution in [0.5, 0.6) is 0 Å². The van der Waals surface area contributed by atoms with Crippen molar-refractivity contribution in [3.63, 3.8) is 0 Å². The second kappa shape index (κ2) is 8.93. The van der Waals surface area contributed by atoms with Gasteiger partial charge in [0.25, 0.3) is 0 Å². The first-order valence-corrected chi connectivity index (χ1v) is 9.24. The third-order valence-corrected chi connectivity index (χ3v) is 4.47. The summed E-state index contributed by atoms with van der Waals surface area (Å²) >= 11 is 0. The van der Waals surface area contributed by atoms with Gasteiger partial charge >= 0.3 is 6.03 Å². The van der Waals surface area contributed by atoms with Crippen molar-refractivity contribution in [1.82, 2.24) is 25.2 Å². The third kappa shape index (κ3) is 4.93. The Morgan fingerprint density at radius 2 is 2.00 bits per heavy atom. The molecular formula is C20H24N8O. The van der Waals surface area contributed by atoms with Gasteiger partial charge in [0, 0.05) is 44.5 Å². The first-order chi connectivity index (χ1) is 14.0. The number of aromatic nitrogens is 3. The summed E-state index contributed by atoms with van der Waals surface area (Å²) in [6.45, 7) is 8.29. The highest BCUT2D eigenvalue weighted by Crippen LogP contribution is 2.22. The molecule has 29 heavy (non-hydrogen) atoms. The third-order valence-electron chi connectivity index (χ3n) is 4.47. The molecular weight excluding hydrogens is 368 g/mol. The predicted octanol–water partition coefficient (Wildman–Crippen LogP) is 0.762. The van der Waals surface area contributed by atoms with E-state index in [-0.39, 0.29) is 12.0 Å². The van der Waals surface area contributed by atoms with Gasteiger partial charge in [0.05, 0.1) is 11.3 Å². The van der Waals surface area contributed by atoms with Crippen molar-refractivity contribution < 1.29 is 4.79 Å². The predicted molar refractivity (Wildman–Crippen MR) is 113 cm³/mol. The van der Waals surface area contributed by atoms with Gasteiger partial charge in [-0.05, 0) is 19.1 Å². The number of nitrogen functional groups attached to an aromatic ring is 2. The fraction of sp³-hybridized carbons (Fsp3) is 0.300.